The first-order valence-electron chi connectivity index (χ1n) is 12.3. The van der Waals surface area contributed by atoms with Gasteiger partial charge in [0.15, 0.2) is 11.5 Å². The predicted molar refractivity (Wildman–Crippen MR) is 139 cm³/mol. The average molecular weight is 482 g/mol. The summed E-state index contributed by atoms with van der Waals surface area (Å²) in [6.07, 6.45) is 0.425. The second-order valence-corrected chi connectivity index (χ2v) is 9.10. The van der Waals surface area contributed by atoms with Gasteiger partial charge >= 0.3 is 0 Å². The van der Waals surface area contributed by atoms with Crippen molar-refractivity contribution in [3.63, 3.8) is 0 Å². The van der Waals surface area contributed by atoms with E-state index >= 15 is 0 Å². The highest BCUT2D eigenvalue weighted by atomic mass is 16.5. The van der Waals surface area contributed by atoms with E-state index in [9.17, 15) is 5.11 Å². The summed E-state index contributed by atoms with van der Waals surface area (Å²) in [5, 5.41) is 15.6. The highest BCUT2D eigenvalue weighted by Crippen LogP contribution is 2.37. The molecule has 2 aromatic carbocycles. The molecule has 7 heteroatoms. The maximum Gasteiger partial charge on any atom is 0.222 e. The lowest BCUT2D eigenvalue weighted by Crippen LogP contribution is -2.40. The Bertz CT molecular complexity index is 1050. The number of rotatable bonds is 13. The molecule has 1 heterocycles. The van der Waals surface area contributed by atoms with Crippen LogP contribution in [0, 0.1) is 0 Å². The van der Waals surface area contributed by atoms with E-state index in [0.29, 0.717) is 37.1 Å². The smallest absolute Gasteiger partial charge is 0.222 e. The molecule has 35 heavy (non-hydrogen) atoms. The molecule has 190 valence electrons. The monoisotopic (exact) mass is 481 g/mol. The number of hydrogen-bond acceptors (Lipinski definition) is 6. The fourth-order valence-electron chi connectivity index (χ4n) is 3.95. The molecular formula is C28H39N3O4. The standard InChI is InChI=1S/C28H39N3O4/c1-7-21(4)31(17-23(32)19-34-20(2)3)18-24-27(22-13-9-8-10-14-22)29-30(5)28(24)35-26-16-12-11-15-25(26)33-6/h8-16,20-21,23,32H,7,17-19H2,1-6H3/t21-,23-/m0/s1. The minimum absolute atomic E-state index is 0.0746. The van der Waals surface area contributed by atoms with Crippen LogP contribution in [0.25, 0.3) is 11.3 Å². The van der Waals surface area contributed by atoms with Crippen molar-refractivity contribution < 1.29 is 19.3 Å². The summed E-state index contributed by atoms with van der Waals surface area (Å²) >= 11 is 0. The van der Waals surface area contributed by atoms with Crippen molar-refractivity contribution in [2.45, 2.75) is 58.9 Å². The molecule has 1 N–H and O–H groups in total. The molecule has 0 unspecified atom stereocenters. The van der Waals surface area contributed by atoms with Gasteiger partial charge in [0, 0.05) is 31.7 Å². The number of aryl methyl sites for hydroxylation is 1. The number of benzene rings is 2. The van der Waals surface area contributed by atoms with Crippen molar-refractivity contribution >= 4 is 0 Å². The Hall–Kier alpha value is -2.87. The molecule has 0 fully saturated rings. The zero-order valence-corrected chi connectivity index (χ0v) is 21.8. The molecule has 0 saturated carbocycles. The Labute approximate surface area is 209 Å². The van der Waals surface area contributed by atoms with E-state index in [-0.39, 0.29) is 12.1 Å². The third-order valence-corrected chi connectivity index (χ3v) is 6.05. The summed E-state index contributed by atoms with van der Waals surface area (Å²) in [6.45, 7) is 9.63. The van der Waals surface area contributed by atoms with Crippen LogP contribution in [0.4, 0.5) is 0 Å². The van der Waals surface area contributed by atoms with E-state index in [4.69, 9.17) is 19.3 Å². The van der Waals surface area contributed by atoms with Gasteiger partial charge in [-0.25, -0.2) is 4.68 Å². The van der Waals surface area contributed by atoms with E-state index in [1.54, 1.807) is 11.8 Å². The number of nitrogens with zero attached hydrogens (tertiary/aromatic N) is 3. The highest BCUT2D eigenvalue weighted by Gasteiger charge is 2.26. The first kappa shape index (κ1) is 26.7. The third kappa shape index (κ3) is 7.07. The van der Waals surface area contributed by atoms with Gasteiger partial charge in [0.2, 0.25) is 5.88 Å². The van der Waals surface area contributed by atoms with Crippen LogP contribution in [-0.4, -0.2) is 58.3 Å². The average Bonchev–Trinajstić information content (AvgIpc) is 3.17. The van der Waals surface area contributed by atoms with Gasteiger partial charge in [-0.1, -0.05) is 49.4 Å². The van der Waals surface area contributed by atoms with Gasteiger partial charge in [-0.3, -0.25) is 4.90 Å². The minimum Gasteiger partial charge on any atom is -0.493 e. The number of methoxy groups -OCH3 is 1. The third-order valence-electron chi connectivity index (χ3n) is 6.05. The molecule has 3 rings (SSSR count). The molecular weight excluding hydrogens is 442 g/mol. The van der Waals surface area contributed by atoms with Gasteiger partial charge in [-0.2, -0.15) is 5.10 Å². The summed E-state index contributed by atoms with van der Waals surface area (Å²) in [5.74, 6) is 1.93. The summed E-state index contributed by atoms with van der Waals surface area (Å²) in [6, 6.07) is 18.0. The maximum absolute atomic E-state index is 10.7. The molecule has 0 aliphatic rings. The highest BCUT2D eigenvalue weighted by molar-refractivity contribution is 5.66. The van der Waals surface area contributed by atoms with Crippen LogP contribution >= 0.6 is 0 Å². The number of ether oxygens (including phenoxy) is 3. The Morgan fingerprint density at radius 1 is 1.00 bits per heavy atom. The quantitative estimate of drug-likeness (QED) is 0.358. The topological polar surface area (TPSA) is 69.0 Å². The van der Waals surface area contributed by atoms with Crippen molar-refractivity contribution in [2.75, 3.05) is 20.3 Å². The zero-order chi connectivity index (χ0) is 25.4. The molecule has 0 amide bonds. The van der Waals surface area contributed by atoms with Crippen LogP contribution in [0.3, 0.4) is 0 Å². The molecule has 0 aliphatic carbocycles. The lowest BCUT2D eigenvalue weighted by Gasteiger charge is -2.31. The maximum atomic E-state index is 10.7. The molecule has 3 aromatic rings. The Balaban J connectivity index is 2.00. The van der Waals surface area contributed by atoms with Crippen LogP contribution in [0.15, 0.2) is 54.6 Å². The molecule has 1 aromatic heterocycles. The molecule has 0 aliphatic heterocycles. The summed E-state index contributed by atoms with van der Waals surface area (Å²) in [7, 11) is 3.52. The summed E-state index contributed by atoms with van der Waals surface area (Å²) in [4.78, 5) is 2.27. The normalized spacial score (nSPS) is 13.3. The molecule has 7 nitrogen and oxygen atoms in total. The largest absolute Gasteiger partial charge is 0.493 e. The van der Waals surface area contributed by atoms with E-state index in [0.717, 1.165) is 23.2 Å². The second kappa shape index (κ2) is 12.7. The van der Waals surface area contributed by atoms with Gasteiger partial charge in [0.05, 0.1) is 31.5 Å². The SMILES string of the molecule is CC[C@H](C)N(Cc1c(-c2ccccc2)nn(C)c1Oc1ccccc1OC)C[C@H](O)COC(C)C. The van der Waals surface area contributed by atoms with Crippen LogP contribution in [0.1, 0.15) is 39.7 Å². The fourth-order valence-corrected chi connectivity index (χ4v) is 3.95. The van der Waals surface area contributed by atoms with Crippen LogP contribution in [0.2, 0.25) is 0 Å². The molecule has 0 bridgehead atoms. The van der Waals surface area contributed by atoms with Crippen LogP contribution < -0.4 is 9.47 Å². The molecule has 0 saturated heterocycles. The zero-order valence-electron chi connectivity index (χ0n) is 21.8. The summed E-state index contributed by atoms with van der Waals surface area (Å²) in [5.41, 5.74) is 2.84. The molecule has 0 radical (unpaired) electrons. The van der Waals surface area contributed by atoms with E-state index in [2.05, 4.69) is 30.9 Å². The van der Waals surface area contributed by atoms with Crippen molar-refractivity contribution in [1.82, 2.24) is 14.7 Å². The minimum atomic E-state index is -0.596. The number of hydrogen-bond donors (Lipinski definition) is 1. The lowest BCUT2D eigenvalue weighted by atomic mass is 10.1. The molecule has 0 spiro atoms. The molecule has 2 atom stereocenters. The van der Waals surface area contributed by atoms with Crippen molar-refractivity contribution in [3.05, 3.63) is 60.2 Å². The lowest BCUT2D eigenvalue weighted by molar-refractivity contribution is -0.0149. The van der Waals surface area contributed by atoms with Crippen molar-refractivity contribution in [3.8, 4) is 28.6 Å². The first-order valence-corrected chi connectivity index (χ1v) is 12.3. The number of para-hydroxylation sites is 2. The predicted octanol–water partition coefficient (Wildman–Crippen LogP) is 5.27. The first-order chi connectivity index (χ1) is 16.8. The Morgan fingerprint density at radius 2 is 1.66 bits per heavy atom. The van der Waals surface area contributed by atoms with Gasteiger partial charge in [0.25, 0.3) is 0 Å². The Morgan fingerprint density at radius 3 is 2.29 bits per heavy atom. The van der Waals surface area contributed by atoms with E-state index < -0.39 is 6.10 Å². The van der Waals surface area contributed by atoms with Crippen molar-refractivity contribution in [1.29, 1.82) is 0 Å². The van der Waals surface area contributed by atoms with Gasteiger partial charge in [-0.15, -0.1) is 0 Å². The van der Waals surface area contributed by atoms with Gasteiger partial charge in [-0.05, 0) is 39.3 Å². The second-order valence-electron chi connectivity index (χ2n) is 9.10. The number of aliphatic hydroxyl groups is 1. The van der Waals surface area contributed by atoms with Gasteiger partial charge in [0.1, 0.15) is 5.69 Å². The van der Waals surface area contributed by atoms with E-state index in [1.165, 1.54) is 0 Å². The number of aliphatic hydroxyl groups excluding tert-OH is 1. The summed E-state index contributed by atoms with van der Waals surface area (Å²) < 4.78 is 19.4. The van der Waals surface area contributed by atoms with Crippen molar-refractivity contribution in [2.24, 2.45) is 7.05 Å². The van der Waals surface area contributed by atoms with Crippen LogP contribution in [0.5, 0.6) is 17.4 Å². The van der Waals surface area contributed by atoms with Gasteiger partial charge < -0.3 is 19.3 Å². The number of aromatic nitrogens is 2. The fraction of sp³-hybridized carbons (Fsp3) is 0.464. The van der Waals surface area contributed by atoms with E-state index in [1.807, 2.05) is 63.4 Å². The Kier molecular flexibility index (Phi) is 9.72. The van der Waals surface area contributed by atoms with Crippen LogP contribution in [-0.2, 0) is 18.3 Å².